The number of aliphatic hydroxyl groups excluding tert-OH is 1. The van der Waals surface area contributed by atoms with Gasteiger partial charge in [-0.1, -0.05) is 56.3 Å². The van der Waals surface area contributed by atoms with Gasteiger partial charge in [-0.05, 0) is 80.0 Å². The highest BCUT2D eigenvalue weighted by atomic mass is 35.5. The summed E-state index contributed by atoms with van der Waals surface area (Å²) in [4.78, 5) is 44.4. The SMILES string of the molecule is CCCCN1C(=O)[C@@H]([C@H](O)C2CCCCC2)NC(=O)C12CCN(Cc1ccc(C(=O)NC(=N)c3ccc(Cl)cc3)cc1)CC2.Cl. The molecule has 0 radical (unpaired) electrons. The van der Waals surface area contributed by atoms with Gasteiger partial charge in [0.15, 0.2) is 0 Å². The van der Waals surface area contributed by atoms with E-state index in [9.17, 15) is 19.5 Å². The van der Waals surface area contributed by atoms with Gasteiger partial charge in [0.2, 0.25) is 11.8 Å². The number of benzene rings is 2. The van der Waals surface area contributed by atoms with Crippen LogP contribution >= 0.6 is 24.0 Å². The van der Waals surface area contributed by atoms with Crippen LogP contribution in [0.15, 0.2) is 48.5 Å². The molecular formula is C34H45Cl2N5O4. The molecule has 1 spiro atoms. The Labute approximate surface area is 277 Å². The lowest BCUT2D eigenvalue weighted by Crippen LogP contribution is -2.75. The standard InChI is InChI=1S/C34H44ClN5O4.ClH/c1-2-3-19-40-32(43)28(29(41)24-7-5-4-6-8-24)37-33(44)34(40)17-20-39(21-18-34)22-23-9-11-26(12-10-23)31(42)38-30(36)25-13-15-27(35)16-14-25;/h9-16,24,28-29,41H,2-8,17-22H2,1H3,(H,37,44)(H2,36,38,42);1H/t28-,29-;/m1./s1. The number of nitrogens with zero attached hydrogens (tertiary/aromatic N) is 2. The predicted molar refractivity (Wildman–Crippen MR) is 178 cm³/mol. The third-order valence-electron chi connectivity index (χ3n) is 9.64. The number of aliphatic hydroxyl groups is 1. The Morgan fingerprint density at radius 1 is 1.04 bits per heavy atom. The summed E-state index contributed by atoms with van der Waals surface area (Å²) in [6, 6.07) is 13.2. The van der Waals surface area contributed by atoms with Crippen LogP contribution in [-0.2, 0) is 16.1 Å². The summed E-state index contributed by atoms with van der Waals surface area (Å²) in [5.74, 6) is -0.570. The number of nitrogens with one attached hydrogen (secondary N) is 3. The highest BCUT2D eigenvalue weighted by Crippen LogP contribution is 2.36. The minimum Gasteiger partial charge on any atom is -0.390 e. The van der Waals surface area contributed by atoms with E-state index in [0.717, 1.165) is 50.5 Å². The van der Waals surface area contributed by atoms with Gasteiger partial charge in [-0.3, -0.25) is 24.7 Å². The quantitative estimate of drug-likeness (QED) is 0.225. The lowest BCUT2D eigenvalue weighted by atomic mass is 9.78. The van der Waals surface area contributed by atoms with E-state index in [0.29, 0.717) is 55.2 Å². The van der Waals surface area contributed by atoms with Gasteiger partial charge in [0, 0.05) is 42.3 Å². The van der Waals surface area contributed by atoms with Crippen LogP contribution in [0.4, 0.5) is 0 Å². The number of halogens is 2. The first-order valence-electron chi connectivity index (χ1n) is 16.0. The Morgan fingerprint density at radius 3 is 2.29 bits per heavy atom. The Kier molecular flexibility index (Phi) is 12.0. The molecule has 3 fully saturated rings. The number of carbonyl (C=O) groups excluding carboxylic acids is 3. The van der Waals surface area contributed by atoms with Crippen LogP contribution in [0, 0.1) is 11.3 Å². The summed E-state index contributed by atoms with van der Waals surface area (Å²) in [5.41, 5.74) is 1.17. The molecule has 3 aliphatic rings. The zero-order valence-corrected chi connectivity index (χ0v) is 27.5. The third kappa shape index (κ3) is 7.88. The van der Waals surface area contributed by atoms with Crippen molar-refractivity contribution in [1.29, 1.82) is 5.41 Å². The second-order valence-electron chi connectivity index (χ2n) is 12.5. The Hall–Kier alpha value is -2.98. The molecule has 2 heterocycles. The Morgan fingerprint density at radius 2 is 1.67 bits per heavy atom. The van der Waals surface area contributed by atoms with E-state index < -0.39 is 17.7 Å². The van der Waals surface area contributed by atoms with E-state index in [1.807, 2.05) is 12.1 Å². The van der Waals surface area contributed by atoms with E-state index in [4.69, 9.17) is 17.0 Å². The molecule has 244 valence electrons. The lowest BCUT2D eigenvalue weighted by molar-refractivity contribution is -0.166. The van der Waals surface area contributed by atoms with Crippen molar-refractivity contribution in [1.82, 2.24) is 20.4 Å². The fourth-order valence-electron chi connectivity index (χ4n) is 6.93. The number of rotatable bonds is 9. The molecule has 9 nitrogen and oxygen atoms in total. The molecule has 1 aliphatic carbocycles. The fourth-order valence-corrected chi connectivity index (χ4v) is 7.06. The van der Waals surface area contributed by atoms with Crippen LogP contribution in [-0.4, -0.2) is 75.8 Å². The molecule has 0 bridgehead atoms. The summed E-state index contributed by atoms with van der Waals surface area (Å²) in [7, 11) is 0. The second-order valence-corrected chi connectivity index (χ2v) is 13.0. The smallest absolute Gasteiger partial charge is 0.256 e. The van der Waals surface area contributed by atoms with Crippen molar-refractivity contribution in [2.24, 2.45) is 5.92 Å². The van der Waals surface area contributed by atoms with Crippen LogP contribution in [0.1, 0.15) is 86.2 Å². The Balaban J connectivity index is 0.00000461. The topological polar surface area (TPSA) is 126 Å². The molecule has 0 aromatic heterocycles. The van der Waals surface area contributed by atoms with E-state index in [1.165, 1.54) is 0 Å². The van der Waals surface area contributed by atoms with E-state index in [1.54, 1.807) is 41.3 Å². The summed E-state index contributed by atoms with van der Waals surface area (Å²) in [5, 5.41) is 25.5. The van der Waals surface area contributed by atoms with Gasteiger partial charge >= 0.3 is 0 Å². The van der Waals surface area contributed by atoms with Crippen LogP contribution in [0.3, 0.4) is 0 Å². The lowest BCUT2D eigenvalue weighted by Gasteiger charge is -2.52. The molecule has 0 unspecified atom stereocenters. The van der Waals surface area contributed by atoms with Crippen LogP contribution in [0.25, 0.3) is 0 Å². The second kappa shape index (κ2) is 15.5. The molecule has 45 heavy (non-hydrogen) atoms. The van der Waals surface area contributed by atoms with Crippen molar-refractivity contribution in [3.8, 4) is 0 Å². The first-order valence-corrected chi connectivity index (χ1v) is 16.4. The maximum absolute atomic E-state index is 13.8. The number of carbonyl (C=O) groups is 3. The van der Waals surface area contributed by atoms with Crippen LogP contribution in [0.2, 0.25) is 5.02 Å². The number of amides is 3. The molecule has 2 aromatic rings. The first-order chi connectivity index (χ1) is 21.2. The van der Waals surface area contributed by atoms with Gasteiger partial charge in [0.05, 0.1) is 6.10 Å². The van der Waals surface area contributed by atoms with Gasteiger partial charge in [-0.15, -0.1) is 12.4 Å². The van der Waals surface area contributed by atoms with Gasteiger partial charge in [0.1, 0.15) is 17.4 Å². The largest absolute Gasteiger partial charge is 0.390 e. The van der Waals surface area contributed by atoms with Crippen molar-refractivity contribution in [3.05, 3.63) is 70.2 Å². The molecule has 2 saturated heterocycles. The minimum atomic E-state index is -0.887. The van der Waals surface area contributed by atoms with Gasteiger partial charge in [-0.25, -0.2) is 0 Å². The van der Waals surface area contributed by atoms with E-state index in [2.05, 4.69) is 22.5 Å². The molecule has 2 aliphatic heterocycles. The molecule has 4 N–H and O–H groups in total. The molecule has 3 amide bonds. The normalized spacial score (nSPS) is 21.1. The number of amidine groups is 1. The molecular weight excluding hydrogens is 613 g/mol. The zero-order valence-electron chi connectivity index (χ0n) is 25.9. The van der Waals surface area contributed by atoms with Crippen molar-refractivity contribution in [3.63, 3.8) is 0 Å². The number of hydrogen-bond donors (Lipinski definition) is 4. The molecule has 5 rings (SSSR count). The predicted octanol–water partition coefficient (Wildman–Crippen LogP) is 4.92. The number of piperidine rings is 1. The number of hydrogen-bond acceptors (Lipinski definition) is 6. The van der Waals surface area contributed by atoms with E-state index in [-0.39, 0.29) is 41.9 Å². The van der Waals surface area contributed by atoms with Crippen LogP contribution in [0.5, 0.6) is 0 Å². The third-order valence-corrected chi connectivity index (χ3v) is 9.90. The number of piperazine rings is 1. The molecule has 1 saturated carbocycles. The highest BCUT2D eigenvalue weighted by molar-refractivity contribution is 6.30. The van der Waals surface area contributed by atoms with Crippen molar-refractivity contribution >= 4 is 47.6 Å². The molecule has 2 atom stereocenters. The first kappa shape index (κ1) is 34.9. The van der Waals surface area contributed by atoms with E-state index >= 15 is 0 Å². The van der Waals surface area contributed by atoms with Gasteiger partial charge in [0.25, 0.3) is 5.91 Å². The van der Waals surface area contributed by atoms with Crippen molar-refractivity contribution in [2.45, 2.75) is 88.9 Å². The molecule has 2 aromatic carbocycles. The summed E-state index contributed by atoms with van der Waals surface area (Å²) in [6.07, 6.45) is 7.02. The average molecular weight is 659 g/mol. The average Bonchev–Trinajstić information content (AvgIpc) is 3.04. The summed E-state index contributed by atoms with van der Waals surface area (Å²) < 4.78 is 0. The monoisotopic (exact) mass is 657 g/mol. The summed E-state index contributed by atoms with van der Waals surface area (Å²) >= 11 is 5.91. The van der Waals surface area contributed by atoms with Crippen molar-refractivity contribution in [2.75, 3.05) is 19.6 Å². The number of unbranched alkanes of at least 4 members (excludes halogenated alkanes) is 1. The highest BCUT2D eigenvalue weighted by Gasteiger charge is 2.55. The zero-order chi connectivity index (χ0) is 31.3. The van der Waals surface area contributed by atoms with Crippen LogP contribution < -0.4 is 10.6 Å². The minimum absolute atomic E-state index is 0. The summed E-state index contributed by atoms with van der Waals surface area (Å²) in [6.45, 7) is 4.57. The number of likely N-dealkylation sites (tertiary alicyclic amines) is 1. The van der Waals surface area contributed by atoms with Crippen molar-refractivity contribution < 1.29 is 19.5 Å². The maximum atomic E-state index is 13.8. The van der Waals surface area contributed by atoms with Gasteiger partial charge < -0.3 is 20.6 Å². The maximum Gasteiger partial charge on any atom is 0.256 e. The van der Waals surface area contributed by atoms with Gasteiger partial charge in [-0.2, -0.15) is 0 Å². The Bertz CT molecular complexity index is 1340. The fraction of sp³-hybridized carbons (Fsp3) is 0.529. The molecule has 11 heteroatoms.